The average molecular weight is 418 g/mol. The minimum atomic E-state index is -3.59. The molecular weight excluding hydrogens is 390 g/mol. The van der Waals surface area contributed by atoms with Gasteiger partial charge < -0.3 is 5.32 Å². The Morgan fingerprint density at radius 1 is 1.21 bits per heavy atom. The van der Waals surface area contributed by atoms with E-state index in [9.17, 15) is 18.5 Å². The van der Waals surface area contributed by atoms with Crippen LogP contribution in [0, 0.1) is 17.2 Å². The summed E-state index contributed by atoms with van der Waals surface area (Å²) in [4.78, 5) is 12.7. The molecule has 1 aromatic rings. The number of amides is 1. The molecule has 1 amide bonds. The third kappa shape index (κ3) is 4.85. The Hall–Kier alpha value is -2.25. The average Bonchev–Trinajstić information content (AvgIpc) is 3.04. The van der Waals surface area contributed by atoms with Crippen molar-refractivity contribution in [2.24, 2.45) is 5.92 Å². The van der Waals surface area contributed by atoms with Crippen LogP contribution in [0.25, 0.3) is 0 Å². The summed E-state index contributed by atoms with van der Waals surface area (Å²) in [5, 5.41) is 12.1. The standard InChI is InChI=1S/C20H27N5O3S/c1-14-19(15(2)24-23-14)11-16(13-21)20(26)22-17-7-6-8-18(12-17)29(27,28)25-9-4-3-5-10-25/h6-8,11-12,14-15,19,23-24H,3-5,9-10H2,1-2H3,(H,22,26)/b16-11-. The van der Waals surface area contributed by atoms with Crippen LogP contribution in [0.5, 0.6) is 0 Å². The lowest BCUT2D eigenvalue weighted by atomic mass is 9.94. The van der Waals surface area contributed by atoms with E-state index in [0.29, 0.717) is 18.8 Å². The number of nitrogens with zero attached hydrogens (tertiary/aromatic N) is 2. The summed E-state index contributed by atoms with van der Waals surface area (Å²) in [6, 6.07) is 8.30. The van der Waals surface area contributed by atoms with E-state index in [0.717, 1.165) is 19.3 Å². The number of hydrogen-bond donors (Lipinski definition) is 3. The maximum Gasteiger partial charge on any atom is 0.265 e. The van der Waals surface area contributed by atoms with E-state index in [1.54, 1.807) is 18.2 Å². The molecule has 1 aromatic carbocycles. The molecule has 9 heteroatoms. The first-order chi connectivity index (χ1) is 13.8. The second-order valence-corrected chi connectivity index (χ2v) is 9.52. The molecule has 0 radical (unpaired) electrons. The lowest BCUT2D eigenvalue weighted by molar-refractivity contribution is -0.112. The van der Waals surface area contributed by atoms with Crippen molar-refractivity contribution >= 4 is 21.6 Å². The normalized spacial score (nSPS) is 26.1. The van der Waals surface area contributed by atoms with Gasteiger partial charge in [0.2, 0.25) is 10.0 Å². The number of carbonyl (C=O) groups excluding carboxylic acids is 1. The number of carbonyl (C=O) groups is 1. The van der Waals surface area contributed by atoms with Crippen LogP contribution in [-0.2, 0) is 14.8 Å². The summed E-state index contributed by atoms with van der Waals surface area (Å²) in [6.45, 7) is 4.97. The quantitative estimate of drug-likeness (QED) is 0.497. The monoisotopic (exact) mass is 417 g/mol. The number of rotatable bonds is 5. The number of benzene rings is 1. The van der Waals surface area contributed by atoms with Gasteiger partial charge in [-0.05, 0) is 44.9 Å². The second kappa shape index (κ2) is 9.05. The van der Waals surface area contributed by atoms with Crippen LogP contribution >= 0.6 is 0 Å². The molecule has 2 aliphatic heterocycles. The molecule has 0 aliphatic carbocycles. The number of hydrazine groups is 1. The van der Waals surface area contributed by atoms with E-state index in [4.69, 9.17) is 0 Å². The molecule has 0 aromatic heterocycles. The first kappa shape index (κ1) is 21.5. The highest BCUT2D eigenvalue weighted by atomic mass is 32.2. The fourth-order valence-electron chi connectivity index (χ4n) is 3.72. The van der Waals surface area contributed by atoms with E-state index in [1.807, 2.05) is 19.9 Å². The van der Waals surface area contributed by atoms with E-state index < -0.39 is 15.9 Å². The van der Waals surface area contributed by atoms with Gasteiger partial charge in [-0.25, -0.2) is 8.42 Å². The van der Waals surface area contributed by atoms with Gasteiger partial charge in [0.1, 0.15) is 11.6 Å². The number of nitriles is 1. The zero-order valence-electron chi connectivity index (χ0n) is 16.7. The summed E-state index contributed by atoms with van der Waals surface area (Å²) in [6.07, 6.45) is 4.40. The Balaban J connectivity index is 1.77. The molecule has 3 rings (SSSR count). The molecule has 0 saturated carbocycles. The lowest BCUT2D eigenvalue weighted by Crippen LogP contribution is -2.35. The van der Waals surface area contributed by atoms with Crippen LogP contribution < -0.4 is 16.2 Å². The van der Waals surface area contributed by atoms with E-state index >= 15 is 0 Å². The van der Waals surface area contributed by atoms with Gasteiger partial charge in [-0.1, -0.05) is 18.6 Å². The maximum atomic E-state index is 12.9. The first-order valence-corrected chi connectivity index (χ1v) is 11.3. The molecule has 156 valence electrons. The minimum absolute atomic E-state index is 0.00323. The molecule has 2 unspecified atom stereocenters. The molecule has 29 heavy (non-hydrogen) atoms. The van der Waals surface area contributed by atoms with Crippen LogP contribution in [0.1, 0.15) is 33.1 Å². The molecule has 2 fully saturated rings. The molecule has 3 N–H and O–H groups in total. The number of nitrogens with one attached hydrogen (secondary N) is 3. The van der Waals surface area contributed by atoms with Gasteiger partial charge in [-0.2, -0.15) is 9.57 Å². The van der Waals surface area contributed by atoms with E-state index in [-0.39, 0.29) is 28.5 Å². The lowest BCUT2D eigenvalue weighted by Gasteiger charge is -2.26. The first-order valence-electron chi connectivity index (χ1n) is 9.87. The number of sulfonamides is 1. The predicted octanol–water partition coefficient (Wildman–Crippen LogP) is 1.75. The Morgan fingerprint density at radius 3 is 2.48 bits per heavy atom. The highest BCUT2D eigenvalue weighted by Gasteiger charge is 2.29. The molecule has 2 atom stereocenters. The van der Waals surface area contributed by atoms with Crippen LogP contribution in [0.15, 0.2) is 40.8 Å². The number of piperidine rings is 1. The summed E-state index contributed by atoms with van der Waals surface area (Å²) in [7, 11) is -3.59. The van der Waals surface area contributed by atoms with Gasteiger partial charge in [0, 0.05) is 36.8 Å². The fraction of sp³-hybridized carbons (Fsp3) is 0.500. The van der Waals surface area contributed by atoms with E-state index in [2.05, 4.69) is 16.2 Å². The van der Waals surface area contributed by atoms with Crippen LogP contribution in [-0.4, -0.2) is 43.8 Å². The Morgan fingerprint density at radius 2 is 1.86 bits per heavy atom. The highest BCUT2D eigenvalue weighted by Crippen LogP contribution is 2.23. The predicted molar refractivity (Wildman–Crippen MR) is 110 cm³/mol. The van der Waals surface area contributed by atoms with Crippen molar-refractivity contribution < 1.29 is 13.2 Å². The SMILES string of the molecule is CC1NNC(C)C1/C=C(/C#N)C(=O)Nc1cccc(S(=O)(=O)N2CCCCC2)c1. The van der Waals surface area contributed by atoms with Crippen molar-refractivity contribution in [3.8, 4) is 6.07 Å². The van der Waals surface area contributed by atoms with Crippen LogP contribution in [0.2, 0.25) is 0 Å². The van der Waals surface area contributed by atoms with Gasteiger partial charge in [0.25, 0.3) is 5.91 Å². The van der Waals surface area contributed by atoms with Gasteiger partial charge in [-0.15, -0.1) is 0 Å². The van der Waals surface area contributed by atoms with Crippen molar-refractivity contribution in [2.75, 3.05) is 18.4 Å². The molecule has 2 saturated heterocycles. The van der Waals surface area contributed by atoms with Crippen molar-refractivity contribution in [1.82, 2.24) is 15.2 Å². The zero-order valence-corrected chi connectivity index (χ0v) is 17.5. The van der Waals surface area contributed by atoms with Crippen molar-refractivity contribution in [1.29, 1.82) is 5.26 Å². The smallest absolute Gasteiger partial charge is 0.265 e. The number of hydrogen-bond acceptors (Lipinski definition) is 6. The number of anilines is 1. The fourth-order valence-corrected chi connectivity index (χ4v) is 5.28. The van der Waals surface area contributed by atoms with E-state index in [1.165, 1.54) is 16.4 Å². The van der Waals surface area contributed by atoms with Crippen LogP contribution in [0.4, 0.5) is 5.69 Å². The molecule has 2 aliphatic rings. The zero-order chi connectivity index (χ0) is 21.0. The van der Waals surface area contributed by atoms with Crippen molar-refractivity contribution in [3.05, 3.63) is 35.9 Å². The van der Waals surface area contributed by atoms with Crippen molar-refractivity contribution in [2.45, 2.75) is 50.1 Å². The largest absolute Gasteiger partial charge is 0.321 e. The highest BCUT2D eigenvalue weighted by molar-refractivity contribution is 7.89. The van der Waals surface area contributed by atoms with Gasteiger partial charge >= 0.3 is 0 Å². The summed E-state index contributed by atoms with van der Waals surface area (Å²) >= 11 is 0. The van der Waals surface area contributed by atoms with Gasteiger partial charge in [0.05, 0.1) is 4.90 Å². The molecule has 0 spiro atoms. The minimum Gasteiger partial charge on any atom is -0.321 e. The molecule has 0 bridgehead atoms. The second-order valence-electron chi connectivity index (χ2n) is 7.58. The Labute approximate surface area is 172 Å². The molecular formula is C20H27N5O3S. The molecule has 2 heterocycles. The summed E-state index contributed by atoms with van der Waals surface area (Å²) < 4.78 is 27.2. The molecule has 8 nitrogen and oxygen atoms in total. The Kier molecular flexibility index (Phi) is 6.70. The third-order valence-corrected chi connectivity index (χ3v) is 7.36. The maximum absolute atomic E-state index is 12.9. The summed E-state index contributed by atoms with van der Waals surface area (Å²) in [5.74, 6) is -0.562. The van der Waals surface area contributed by atoms with Gasteiger partial charge in [-0.3, -0.25) is 15.6 Å². The van der Waals surface area contributed by atoms with Gasteiger partial charge in [0.15, 0.2) is 0 Å². The van der Waals surface area contributed by atoms with Crippen molar-refractivity contribution in [3.63, 3.8) is 0 Å². The Bertz CT molecular complexity index is 922. The topological polar surface area (TPSA) is 114 Å². The third-order valence-electron chi connectivity index (χ3n) is 5.46. The summed E-state index contributed by atoms with van der Waals surface area (Å²) in [5.41, 5.74) is 6.52. The van der Waals surface area contributed by atoms with Crippen LogP contribution in [0.3, 0.4) is 0 Å².